The van der Waals surface area contributed by atoms with Gasteiger partial charge in [-0.25, -0.2) is 19.9 Å². The van der Waals surface area contributed by atoms with Crippen LogP contribution in [0.25, 0.3) is 88.9 Å². The minimum absolute atomic E-state index is 0.555. The molecule has 5 heteroatoms. The number of benzene rings is 6. The summed E-state index contributed by atoms with van der Waals surface area (Å²) in [6.45, 7) is 0. The van der Waals surface area contributed by atoms with Crippen molar-refractivity contribution in [1.29, 1.82) is 0 Å². The first kappa shape index (κ1) is 25.3. The quantitative estimate of drug-likeness (QED) is 0.209. The number of aromatic nitrogens is 4. The second kappa shape index (κ2) is 10.2. The van der Waals surface area contributed by atoms with E-state index in [4.69, 9.17) is 19.4 Å². The normalized spacial score (nSPS) is 11.6. The van der Waals surface area contributed by atoms with Crippen LogP contribution < -0.4 is 0 Å². The summed E-state index contributed by atoms with van der Waals surface area (Å²) in [5, 5.41) is 6.41. The molecule has 0 fully saturated rings. The van der Waals surface area contributed by atoms with E-state index in [9.17, 15) is 0 Å². The second-order valence-electron chi connectivity index (χ2n) is 11.1. The molecule has 3 heterocycles. The van der Waals surface area contributed by atoms with Gasteiger partial charge in [-0.2, -0.15) is 0 Å². The number of nitrogens with zero attached hydrogens (tertiary/aromatic N) is 4. The zero-order chi connectivity index (χ0) is 29.7. The van der Waals surface area contributed by atoms with Crippen LogP contribution >= 0.6 is 0 Å². The topological polar surface area (TPSA) is 64.7 Å². The summed E-state index contributed by atoms with van der Waals surface area (Å²) in [6, 6.07) is 47.9. The van der Waals surface area contributed by atoms with Crippen molar-refractivity contribution in [2.24, 2.45) is 0 Å². The molecule has 0 N–H and O–H groups in total. The van der Waals surface area contributed by atoms with Crippen LogP contribution in [0.4, 0.5) is 0 Å². The highest BCUT2D eigenvalue weighted by Gasteiger charge is 2.19. The van der Waals surface area contributed by atoms with Crippen LogP contribution in [0.15, 0.2) is 150 Å². The first-order valence-corrected chi connectivity index (χ1v) is 14.9. The molecule has 0 unspecified atom stereocenters. The van der Waals surface area contributed by atoms with Gasteiger partial charge in [0.1, 0.15) is 5.58 Å². The van der Waals surface area contributed by atoms with Gasteiger partial charge in [0.15, 0.2) is 17.5 Å². The Morgan fingerprint density at radius 1 is 0.422 bits per heavy atom. The van der Waals surface area contributed by atoms with Crippen LogP contribution in [0.3, 0.4) is 0 Å². The van der Waals surface area contributed by atoms with E-state index in [0.717, 1.165) is 60.3 Å². The average molecular weight is 577 g/mol. The molecule has 0 spiro atoms. The molecule has 210 valence electrons. The molecule has 0 radical (unpaired) electrons. The number of hydrogen-bond donors (Lipinski definition) is 0. The molecule has 0 aliphatic carbocycles. The minimum atomic E-state index is 0.555. The molecule has 3 aromatic heterocycles. The molecular weight excluding hydrogens is 552 g/mol. The molecule has 5 nitrogen and oxygen atoms in total. The number of pyridine rings is 1. The standard InChI is InChI=1S/C40H24N4O/c1-2-8-25(9-3-1)27-14-17-28(18-15-27)37-42-38(32-19-16-26-10-4-5-11-29(26)22-32)44-39(43-37)33-20-21-41-40-36(33)34-23-30-12-6-7-13-31(30)24-35(34)45-40/h1-24H. The lowest BCUT2D eigenvalue weighted by atomic mass is 10.0. The molecule has 0 saturated heterocycles. The van der Waals surface area contributed by atoms with Gasteiger partial charge >= 0.3 is 0 Å². The molecule has 45 heavy (non-hydrogen) atoms. The fourth-order valence-electron chi connectivity index (χ4n) is 6.10. The van der Waals surface area contributed by atoms with E-state index in [1.165, 1.54) is 5.39 Å². The third kappa shape index (κ3) is 4.41. The maximum atomic E-state index is 6.27. The molecule has 9 aromatic rings. The van der Waals surface area contributed by atoms with E-state index in [1.807, 2.05) is 36.4 Å². The molecule has 0 saturated carbocycles. The highest BCUT2D eigenvalue weighted by molar-refractivity contribution is 6.14. The monoisotopic (exact) mass is 576 g/mol. The maximum Gasteiger partial charge on any atom is 0.228 e. The molecular formula is C40H24N4O. The van der Waals surface area contributed by atoms with E-state index in [1.54, 1.807) is 6.20 Å². The summed E-state index contributed by atoms with van der Waals surface area (Å²) in [5.41, 5.74) is 6.32. The van der Waals surface area contributed by atoms with E-state index in [-0.39, 0.29) is 0 Å². The van der Waals surface area contributed by atoms with Gasteiger partial charge in [0.05, 0.1) is 5.39 Å². The lowest BCUT2D eigenvalue weighted by Crippen LogP contribution is -2.00. The van der Waals surface area contributed by atoms with Crippen molar-refractivity contribution in [1.82, 2.24) is 19.9 Å². The zero-order valence-corrected chi connectivity index (χ0v) is 24.1. The predicted octanol–water partition coefficient (Wildman–Crippen LogP) is 10.1. The second-order valence-corrected chi connectivity index (χ2v) is 11.1. The lowest BCUT2D eigenvalue weighted by Gasteiger charge is -2.10. The number of furan rings is 1. The van der Waals surface area contributed by atoms with Crippen LogP contribution in [0.5, 0.6) is 0 Å². The summed E-state index contributed by atoms with van der Waals surface area (Å²) in [6.07, 6.45) is 1.76. The van der Waals surface area contributed by atoms with Crippen LogP contribution in [0, 0.1) is 0 Å². The first-order valence-electron chi connectivity index (χ1n) is 14.9. The Hall–Kier alpha value is -6.20. The Balaban J connectivity index is 1.26. The van der Waals surface area contributed by atoms with Crippen molar-refractivity contribution in [3.8, 4) is 45.3 Å². The summed E-state index contributed by atoms with van der Waals surface area (Å²) in [4.78, 5) is 19.8. The molecule has 0 atom stereocenters. The van der Waals surface area contributed by atoms with Crippen LogP contribution in [0.2, 0.25) is 0 Å². The van der Waals surface area contributed by atoms with Gasteiger partial charge in [-0.1, -0.05) is 115 Å². The number of fused-ring (bicyclic) bond motifs is 5. The summed E-state index contributed by atoms with van der Waals surface area (Å²) in [5.74, 6) is 1.78. The molecule has 0 amide bonds. The third-order valence-electron chi connectivity index (χ3n) is 8.37. The molecule has 0 aliphatic heterocycles. The minimum Gasteiger partial charge on any atom is -0.438 e. The number of hydrogen-bond acceptors (Lipinski definition) is 5. The summed E-state index contributed by atoms with van der Waals surface area (Å²) >= 11 is 0. The van der Waals surface area contributed by atoms with Crippen molar-refractivity contribution >= 4 is 43.6 Å². The van der Waals surface area contributed by atoms with Gasteiger partial charge in [-0.05, 0) is 56.9 Å². The lowest BCUT2D eigenvalue weighted by molar-refractivity contribution is 0.654. The Morgan fingerprint density at radius 2 is 1.00 bits per heavy atom. The van der Waals surface area contributed by atoms with E-state index in [0.29, 0.717) is 23.2 Å². The van der Waals surface area contributed by atoms with Gasteiger partial charge in [-0.15, -0.1) is 0 Å². The fraction of sp³-hybridized carbons (Fsp3) is 0. The van der Waals surface area contributed by atoms with Crippen molar-refractivity contribution in [3.05, 3.63) is 146 Å². The van der Waals surface area contributed by atoms with E-state index >= 15 is 0 Å². The molecule has 6 aromatic carbocycles. The average Bonchev–Trinajstić information content (AvgIpc) is 3.48. The van der Waals surface area contributed by atoms with Crippen LogP contribution in [-0.2, 0) is 0 Å². The van der Waals surface area contributed by atoms with E-state index < -0.39 is 0 Å². The van der Waals surface area contributed by atoms with Crippen molar-refractivity contribution in [2.75, 3.05) is 0 Å². The van der Waals surface area contributed by atoms with Crippen LogP contribution in [-0.4, -0.2) is 19.9 Å². The Bertz CT molecular complexity index is 2540. The fourth-order valence-corrected chi connectivity index (χ4v) is 6.10. The van der Waals surface area contributed by atoms with Gasteiger partial charge in [-0.3, -0.25) is 0 Å². The smallest absolute Gasteiger partial charge is 0.228 e. The maximum absolute atomic E-state index is 6.27. The zero-order valence-electron chi connectivity index (χ0n) is 24.1. The Labute approximate surface area is 258 Å². The van der Waals surface area contributed by atoms with Gasteiger partial charge in [0.25, 0.3) is 0 Å². The van der Waals surface area contributed by atoms with Crippen molar-refractivity contribution in [2.45, 2.75) is 0 Å². The molecule has 9 rings (SSSR count). The molecule has 0 bridgehead atoms. The van der Waals surface area contributed by atoms with Crippen molar-refractivity contribution in [3.63, 3.8) is 0 Å². The summed E-state index contributed by atoms with van der Waals surface area (Å²) in [7, 11) is 0. The highest BCUT2D eigenvalue weighted by atomic mass is 16.3. The molecule has 0 aliphatic rings. The summed E-state index contributed by atoms with van der Waals surface area (Å²) < 4.78 is 6.27. The third-order valence-corrected chi connectivity index (χ3v) is 8.37. The van der Waals surface area contributed by atoms with E-state index in [2.05, 4.69) is 108 Å². The van der Waals surface area contributed by atoms with Crippen LogP contribution in [0.1, 0.15) is 0 Å². The van der Waals surface area contributed by atoms with Gasteiger partial charge in [0, 0.05) is 28.3 Å². The van der Waals surface area contributed by atoms with Crippen molar-refractivity contribution < 1.29 is 4.42 Å². The Morgan fingerprint density at radius 3 is 1.78 bits per heavy atom. The van der Waals surface area contributed by atoms with Gasteiger partial charge < -0.3 is 4.42 Å². The number of rotatable bonds is 4. The first-order chi connectivity index (χ1) is 22.3. The largest absolute Gasteiger partial charge is 0.438 e. The Kier molecular flexibility index (Phi) is 5.74. The van der Waals surface area contributed by atoms with Gasteiger partial charge in [0.2, 0.25) is 5.71 Å². The SMILES string of the molecule is c1ccc(-c2ccc(-c3nc(-c4ccc5ccccc5c4)nc(-c4ccnc5oc6cc7ccccc7cc6c45)n3)cc2)cc1. The predicted molar refractivity (Wildman–Crippen MR) is 182 cm³/mol. The highest BCUT2D eigenvalue weighted by Crippen LogP contribution is 2.37.